The molecule has 3 aromatic carbocycles. The van der Waals surface area contributed by atoms with E-state index in [0.717, 1.165) is 5.56 Å². The minimum Gasteiger partial charge on any atom is -0.497 e. The van der Waals surface area contributed by atoms with E-state index in [2.05, 4.69) is 5.32 Å². The second-order valence-electron chi connectivity index (χ2n) is 10.7. The molecule has 0 saturated carbocycles. The average Bonchev–Trinajstić information content (AvgIpc) is 3.38. The minimum atomic E-state index is -4.00. The fraction of sp³-hybridized carbons (Fsp3) is 0.355. The van der Waals surface area contributed by atoms with E-state index in [1.165, 1.54) is 28.4 Å². The summed E-state index contributed by atoms with van der Waals surface area (Å²) in [6.45, 7) is 3.55. The molecule has 0 radical (unpaired) electrons. The molecule has 1 aliphatic rings. The number of aliphatic hydroxyl groups is 1. The number of hydrogen-bond acceptors (Lipinski definition) is 7. The van der Waals surface area contributed by atoms with Crippen LogP contribution in [0, 0.1) is 5.92 Å². The molecule has 2 N–H and O–H groups in total. The lowest BCUT2D eigenvalue weighted by atomic mass is 10.0. The summed E-state index contributed by atoms with van der Waals surface area (Å²) in [5.41, 5.74) is 1.24. The lowest BCUT2D eigenvalue weighted by molar-refractivity contribution is -0.129. The molecule has 0 unspecified atom stereocenters. The summed E-state index contributed by atoms with van der Waals surface area (Å²) in [4.78, 5) is 27.4. The number of hydrogen-bond donors (Lipinski definition) is 2. The number of carbonyl (C=O) groups excluding carboxylic acids is 2. The van der Waals surface area contributed by atoms with Crippen LogP contribution in [0.25, 0.3) is 0 Å². The molecule has 1 heterocycles. The molecule has 1 saturated heterocycles. The Labute approximate surface area is 257 Å². The van der Waals surface area contributed by atoms with Gasteiger partial charge in [0.2, 0.25) is 10.0 Å². The molecular weight excluding hydrogens is 594 g/mol. The zero-order valence-corrected chi connectivity index (χ0v) is 25.8. The Morgan fingerprint density at radius 3 is 2.35 bits per heavy atom. The van der Waals surface area contributed by atoms with Crippen LogP contribution in [0.4, 0.5) is 10.5 Å². The highest BCUT2D eigenvalue weighted by Crippen LogP contribution is 2.29. The number of rotatable bonds is 13. The van der Waals surface area contributed by atoms with Gasteiger partial charge < -0.3 is 19.9 Å². The van der Waals surface area contributed by atoms with Gasteiger partial charge >= 0.3 is 6.09 Å². The number of anilines is 1. The summed E-state index contributed by atoms with van der Waals surface area (Å²) in [6.07, 6.45) is -2.97. The van der Waals surface area contributed by atoms with Gasteiger partial charge in [0.15, 0.2) is 6.10 Å². The fourth-order valence-corrected chi connectivity index (χ4v) is 6.66. The SMILES string of the molecule is COc1ccc(S(=O)(=O)N(CC(C)C)C[C@@H](O)[C@H](Cc2ccccc2)NC(=O)[C@@H]2CN(c3ccccc3Cl)C(=O)O2)cc1. The Bertz CT molecular complexity index is 1500. The number of sulfonamides is 1. The molecule has 2 amide bonds. The van der Waals surface area contributed by atoms with E-state index in [9.17, 15) is 23.1 Å². The molecule has 0 spiro atoms. The van der Waals surface area contributed by atoms with E-state index in [1.54, 1.807) is 36.4 Å². The van der Waals surface area contributed by atoms with Crippen molar-refractivity contribution in [2.75, 3.05) is 31.6 Å². The van der Waals surface area contributed by atoms with Crippen LogP contribution in [-0.4, -0.2) is 74.8 Å². The highest BCUT2D eigenvalue weighted by Gasteiger charge is 2.39. The van der Waals surface area contributed by atoms with E-state index in [-0.39, 0.29) is 36.9 Å². The lowest BCUT2D eigenvalue weighted by Crippen LogP contribution is -2.53. The van der Waals surface area contributed by atoms with E-state index in [0.29, 0.717) is 16.5 Å². The number of para-hydroxylation sites is 1. The first-order chi connectivity index (χ1) is 20.5. The molecule has 1 aliphatic heterocycles. The van der Waals surface area contributed by atoms with Gasteiger partial charge in [0, 0.05) is 13.1 Å². The fourth-order valence-electron chi connectivity index (χ4n) is 4.80. The predicted molar refractivity (Wildman–Crippen MR) is 164 cm³/mol. The molecule has 3 atom stereocenters. The van der Waals surface area contributed by atoms with Crippen molar-refractivity contribution >= 4 is 39.3 Å². The molecule has 43 heavy (non-hydrogen) atoms. The highest BCUT2D eigenvalue weighted by atomic mass is 35.5. The number of amides is 2. The zero-order valence-electron chi connectivity index (χ0n) is 24.2. The maximum atomic E-state index is 13.7. The van der Waals surface area contributed by atoms with Gasteiger partial charge in [-0.3, -0.25) is 9.69 Å². The van der Waals surface area contributed by atoms with Gasteiger partial charge in [0.1, 0.15) is 5.75 Å². The molecule has 0 bridgehead atoms. The smallest absolute Gasteiger partial charge is 0.415 e. The molecule has 10 nitrogen and oxygen atoms in total. The van der Waals surface area contributed by atoms with E-state index in [4.69, 9.17) is 21.1 Å². The molecule has 4 rings (SSSR count). The molecular formula is C31H36ClN3O7S. The van der Waals surface area contributed by atoms with Crippen molar-refractivity contribution < 1.29 is 32.6 Å². The van der Waals surface area contributed by atoms with Gasteiger partial charge in [-0.1, -0.05) is 67.9 Å². The Morgan fingerprint density at radius 2 is 1.72 bits per heavy atom. The third-order valence-corrected chi connectivity index (χ3v) is 9.16. The second-order valence-corrected chi connectivity index (χ2v) is 13.0. The maximum absolute atomic E-state index is 13.7. The van der Waals surface area contributed by atoms with Crippen molar-refractivity contribution in [3.8, 4) is 5.75 Å². The van der Waals surface area contributed by atoms with Crippen molar-refractivity contribution in [3.63, 3.8) is 0 Å². The van der Waals surface area contributed by atoms with Gasteiger partial charge in [-0.15, -0.1) is 0 Å². The van der Waals surface area contributed by atoms with Gasteiger partial charge in [-0.05, 0) is 54.3 Å². The van der Waals surface area contributed by atoms with Crippen molar-refractivity contribution in [1.29, 1.82) is 0 Å². The van der Waals surface area contributed by atoms with Gasteiger partial charge in [-0.2, -0.15) is 4.31 Å². The third kappa shape index (κ3) is 8.05. The number of methoxy groups -OCH3 is 1. The highest BCUT2D eigenvalue weighted by molar-refractivity contribution is 7.89. The molecule has 230 valence electrons. The molecule has 1 fully saturated rings. The van der Waals surface area contributed by atoms with Crippen molar-refractivity contribution in [3.05, 3.63) is 89.4 Å². The molecule has 0 aromatic heterocycles. The van der Waals surface area contributed by atoms with Crippen molar-refractivity contribution in [1.82, 2.24) is 9.62 Å². The first-order valence-corrected chi connectivity index (χ1v) is 15.7. The van der Waals surface area contributed by atoms with Crippen LogP contribution in [-0.2, 0) is 26.0 Å². The van der Waals surface area contributed by atoms with Crippen LogP contribution in [0.3, 0.4) is 0 Å². The second kappa shape index (κ2) is 14.2. The largest absolute Gasteiger partial charge is 0.497 e. The molecule has 12 heteroatoms. The summed E-state index contributed by atoms with van der Waals surface area (Å²) < 4.78 is 39.1. The Kier molecular flexibility index (Phi) is 10.7. The number of ether oxygens (including phenoxy) is 2. The number of aliphatic hydroxyl groups excluding tert-OH is 1. The Hall–Kier alpha value is -3.64. The van der Waals surface area contributed by atoms with Crippen LogP contribution in [0.2, 0.25) is 5.02 Å². The number of carbonyl (C=O) groups is 2. The standard InChI is InChI=1S/C31H36ClN3O7S/c1-21(2)18-34(43(39,40)24-15-13-23(41-3)14-16-24)19-28(36)26(17-22-9-5-4-6-10-22)33-30(37)29-20-35(31(38)42-29)27-12-8-7-11-25(27)32/h4-16,21,26,28-29,36H,17-20H2,1-3H3,(H,33,37)/t26-,28+,29-/m0/s1. The summed E-state index contributed by atoms with van der Waals surface area (Å²) in [7, 11) is -2.51. The third-order valence-electron chi connectivity index (χ3n) is 6.99. The van der Waals surface area contributed by atoms with Crippen molar-refractivity contribution in [2.45, 2.75) is 43.4 Å². The Morgan fingerprint density at radius 1 is 1.07 bits per heavy atom. The number of halogens is 1. The van der Waals surface area contributed by atoms with Crippen LogP contribution in [0.1, 0.15) is 19.4 Å². The summed E-state index contributed by atoms with van der Waals surface area (Å²) in [5.74, 6) is -0.145. The quantitative estimate of drug-likeness (QED) is 0.291. The number of nitrogens with one attached hydrogen (secondary N) is 1. The topological polar surface area (TPSA) is 125 Å². The summed E-state index contributed by atoms with van der Waals surface area (Å²) >= 11 is 6.25. The molecule has 0 aliphatic carbocycles. The minimum absolute atomic E-state index is 0.0453. The number of benzene rings is 3. The summed E-state index contributed by atoms with van der Waals surface area (Å²) in [5, 5.41) is 14.6. The van der Waals surface area contributed by atoms with Crippen LogP contribution >= 0.6 is 11.6 Å². The van der Waals surface area contributed by atoms with Gasteiger partial charge in [0.05, 0.1) is 41.4 Å². The van der Waals surface area contributed by atoms with Crippen molar-refractivity contribution in [2.24, 2.45) is 5.92 Å². The van der Waals surface area contributed by atoms with Crippen LogP contribution in [0.5, 0.6) is 5.75 Å². The maximum Gasteiger partial charge on any atom is 0.415 e. The number of nitrogens with zero attached hydrogens (tertiary/aromatic N) is 2. The zero-order chi connectivity index (χ0) is 31.1. The number of cyclic esters (lactones) is 1. The summed E-state index contributed by atoms with van der Waals surface area (Å²) in [6, 6.07) is 21.1. The van der Waals surface area contributed by atoms with Crippen LogP contribution < -0.4 is 15.0 Å². The predicted octanol–water partition coefficient (Wildman–Crippen LogP) is 4.11. The first kappa shape index (κ1) is 32.3. The van der Waals surface area contributed by atoms with E-state index >= 15 is 0 Å². The van der Waals surface area contributed by atoms with Crippen LogP contribution in [0.15, 0.2) is 83.8 Å². The lowest BCUT2D eigenvalue weighted by Gasteiger charge is -2.31. The van der Waals surface area contributed by atoms with Gasteiger partial charge in [0.25, 0.3) is 5.91 Å². The van der Waals surface area contributed by atoms with E-state index in [1.807, 2.05) is 44.2 Å². The molecule has 3 aromatic rings. The van der Waals surface area contributed by atoms with E-state index < -0.39 is 40.3 Å². The normalized spacial score (nSPS) is 16.7. The monoisotopic (exact) mass is 629 g/mol. The Balaban J connectivity index is 1.55. The average molecular weight is 630 g/mol. The van der Waals surface area contributed by atoms with Gasteiger partial charge in [-0.25, -0.2) is 13.2 Å². The first-order valence-electron chi connectivity index (χ1n) is 13.9.